The lowest BCUT2D eigenvalue weighted by Gasteiger charge is -2.00. The number of anilines is 1. The summed E-state index contributed by atoms with van der Waals surface area (Å²) >= 11 is 0. The highest BCUT2D eigenvalue weighted by Gasteiger charge is 2.22. The Hall–Kier alpha value is -4.40. The van der Waals surface area contributed by atoms with Crippen LogP contribution in [0, 0.1) is 0 Å². The maximum Gasteiger partial charge on any atom is 0.374 e. The number of hydrogen-bond acceptors (Lipinski definition) is 5. The number of nitrogens with zero attached hydrogens (tertiary/aromatic N) is 1. The van der Waals surface area contributed by atoms with Gasteiger partial charge in [-0.25, -0.2) is 0 Å². The molecule has 1 aliphatic rings. The predicted octanol–water partition coefficient (Wildman–Crippen LogP) is 6.22. The number of aryl methyl sites for hydroxylation is 1. The van der Waals surface area contributed by atoms with Gasteiger partial charge >= 0.3 is 5.89 Å². The first kappa shape index (κ1) is 24.0. The lowest BCUT2D eigenvalue weighted by molar-refractivity contribution is -0.677. The molecular formula is C30H25N2O5S+. The van der Waals surface area contributed by atoms with Crippen molar-refractivity contribution in [2.75, 3.05) is 11.1 Å². The van der Waals surface area contributed by atoms with Crippen molar-refractivity contribution >= 4 is 54.5 Å². The van der Waals surface area contributed by atoms with Gasteiger partial charge in [-0.3, -0.25) is 4.55 Å². The second kappa shape index (κ2) is 9.81. The highest BCUT2D eigenvalue weighted by molar-refractivity contribution is 7.85. The van der Waals surface area contributed by atoms with Crippen molar-refractivity contribution in [2.45, 2.75) is 13.0 Å². The van der Waals surface area contributed by atoms with Crippen LogP contribution in [0.2, 0.25) is 0 Å². The molecule has 0 aliphatic carbocycles. The van der Waals surface area contributed by atoms with Crippen molar-refractivity contribution in [3.8, 4) is 5.75 Å². The van der Waals surface area contributed by atoms with E-state index in [1.807, 2.05) is 89.5 Å². The normalized spacial score (nSPS) is 14.7. The third-order valence-electron chi connectivity index (χ3n) is 6.42. The van der Waals surface area contributed by atoms with Gasteiger partial charge in [0.25, 0.3) is 15.6 Å². The summed E-state index contributed by atoms with van der Waals surface area (Å²) in [5.41, 5.74) is 2.49. The van der Waals surface area contributed by atoms with Crippen LogP contribution in [0.15, 0.2) is 107 Å². The van der Waals surface area contributed by atoms with Crippen molar-refractivity contribution in [1.29, 1.82) is 0 Å². The Labute approximate surface area is 219 Å². The third kappa shape index (κ3) is 5.04. The molecular weight excluding hydrogens is 500 g/mol. The topological polar surface area (TPSA) is 92.7 Å². The summed E-state index contributed by atoms with van der Waals surface area (Å²) in [6.07, 6.45) is 9.52. The minimum absolute atomic E-state index is 0.256. The summed E-state index contributed by atoms with van der Waals surface area (Å²) in [6.45, 7) is 0.378. The average Bonchev–Trinajstić information content (AvgIpc) is 3.44. The molecule has 6 rings (SSSR count). The Morgan fingerprint density at radius 1 is 0.868 bits per heavy atom. The van der Waals surface area contributed by atoms with Crippen molar-refractivity contribution in [3.63, 3.8) is 0 Å². The van der Waals surface area contributed by atoms with Crippen LogP contribution in [-0.2, 0) is 16.7 Å². The van der Waals surface area contributed by atoms with Gasteiger partial charge in [0.15, 0.2) is 18.2 Å². The number of nitrogens with one attached hydrogen (secondary N) is 1. The largest absolute Gasteiger partial charge is 0.439 e. The second-order valence-electron chi connectivity index (χ2n) is 9.10. The van der Waals surface area contributed by atoms with Crippen LogP contribution >= 0.6 is 0 Å². The van der Waals surface area contributed by atoms with Gasteiger partial charge in [-0.1, -0.05) is 66.8 Å². The molecule has 0 spiro atoms. The van der Waals surface area contributed by atoms with Crippen LogP contribution in [0.4, 0.5) is 5.69 Å². The Kier molecular flexibility index (Phi) is 6.19. The van der Waals surface area contributed by atoms with E-state index in [0.29, 0.717) is 23.9 Å². The van der Waals surface area contributed by atoms with Crippen molar-refractivity contribution in [2.24, 2.45) is 0 Å². The number of allylic oxidation sites excluding steroid dienone is 4. The smallest absolute Gasteiger partial charge is 0.374 e. The van der Waals surface area contributed by atoms with Gasteiger partial charge in [0.2, 0.25) is 5.58 Å². The number of benzene rings is 4. The summed E-state index contributed by atoms with van der Waals surface area (Å²) in [4.78, 5) is 0. The SMILES string of the molecule is O=S(=O)(O)CCC[n+]1c(/C=C/C=C/C=C2\Nc3cc4ccccc4cc3O2)oc2cc3ccccc3cc21. The number of ether oxygens (including phenoxy) is 1. The molecule has 38 heavy (non-hydrogen) atoms. The first-order chi connectivity index (χ1) is 18.4. The minimum Gasteiger partial charge on any atom is -0.439 e. The fraction of sp³-hybridized carbons (Fsp3) is 0.100. The Morgan fingerprint density at radius 2 is 1.55 bits per heavy atom. The van der Waals surface area contributed by atoms with E-state index in [4.69, 9.17) is 13.7 Å². The fourth-order valence-corrected chi connectivity index (χ4v) is 5.14. The Bertz CT molecular complexity index is 1840. The fourth-order valence-electron chi connectivity index (χ4n) is 4.65. The van der Waals surface area contributed by atoms with E-state index in [2.05, 4.69) is 23.5 Å². The molecule has 190 valence electrons. The van der Waals surface area contributed by atoms with Crippen LogP contribution in [0.5, 0.6) is 5.75 Å². The second-order valence-corrected chi connectivity index (χ2v) is 10.7. The highest BCUT2D eigenvalue weighted by Crippen LogP contribution is 2.37. The number of fused-ring (bicyclic) bond motifs is 4. The molecule has 5 aromatic rings. The van der Waals surface area contributed by atoms with Crippen LogP contribution in [0.1, 0.15) is 12.3 Å². The molecule has 4 aromatic carbocycles. The van der Waals surface area contributed by atoms with Crippen LogP contribution in [-0.4, -0.2) is 18.7 Å². The van der Waals surface area contributed by atoms with Gasteiger partial charge in [-0.15, -0.1) is 0 Å². The number of rotatable bonds is 7. The average molecular weight is 526 g/mol. The van der Waals surface area contributed by atoms with Crippen LogP contribution in [0.25, 0.3) is 38.7 Å². The van der Waals surface area contributed by atoms with Gasteiger partial charge in [0.05, 0.1) is 17.5 Å². The van der Waals surface area contributed by atoms with Gasteiger partial charge < -0.3 is 14.5 Å². The Balaban J connectivity index is 1.23. The van der Waals surface area contributed by atoms with Crippen molar-refractivity contribution in [1.82, 2.24) is 0 Å². The third-order valence-corrected chi connectivity index (χ3v) is 7.22. The summed E-state index contributed by atoms with van der Waals surface area (Å²) in [6, 6.07) is 24.2. The molecule has 7 nitrogen and oxygen atoms in total. The van der Waals surface area contributed by atoms with E-state index in [-0.39, 0.29) is 12.2 Å². The zero-order chi connectivity index (χ0) is 26.1. The molecule has 2 heterocycles. The van der Waals surface area contributed by atoms with Crippen molar-refractivity contribution < 1.29 is 26.7 Å². The van der Waals surface area contributed by atoms with E-state index >= 15 is 0 Å². The predicted molar refractivity (Wildman–Crippen MR) is 149 cm³/mol. The van der Waals surface area contributed by atoms with E-state index in [1.54, 1.807) is 0 Å². The number of oxazole rings is 1. The van der Waals surface area contributed by atoms with E-state index in [0.717, 1.165) is 38.5 Å². The summed E-state index contributed by atoms with van der Waals surface area (Å²) in [7, 11) is -4.04. The molecule has 0 amide bonds. The standard InChI is InChI=1S/C30H24N2O5S/c33-38(34,35)16-8-15-32-26-18-22-10-5-7-12-24(22)20-28(26)37-30(32)14-3-1-2-13-29-31-25-17-21-9-4-6-11-23(21)19-27(25)36-29/h1-7,9-14,17-20H,8,15-16H2,(H,33,34,35)/p+1. The summed E-state index contributed by atoms with van der Waals surface area (Å²) in [5, 5.41) is 7.66. The lowest BCUT2D eigenvalue weighted by Crippen LogP contribution is -2.36. The van der Waals surface area contributed by atoms with E-state index in [1.165, 1.54) is 0 Å². The zero-order valence-corrected chi connectivity index (χ0v) is 21.2. The maximum atomic E-state index is 11.2. The zero-order valence-electron chi connectivity index (χ0n) is 20.4. The molecule has 0 unspecified atom stereocenters. The lowest BCUT2D eigenvalue weighted by atomic mass is 10.1. The summed E-state index contributed by atoms with van der Waals surface area (Å²) in [5.74, 6) is 1.69. The molecule has 1 aromatic heterocycles. The molecule has 1 aliphatic heterocycles. The quantitative estimate of drug-likeness (QED) is 0.149. The van der Waals surface area contributed by atoms with Crippen LogP contribution < -0.4 is 14.6 Å². The molecule has 0 saturated carbocycles. The highest BCUT2D eigenvalue weighted by atomic mass is 32.2. The van der Waals surface area contributed by atoms with Gasteiger partial charge in [0.1, 0.15) is 0 Å². The van der Waals surface area contributed by atoms with Gasteiger partial charge in [-0.05, 0) is 45.8 Å². The molecule has 8 heteroatoms. The molecule has 0 bridgehead atoms. The number of aromatic nitrogens is 1. The molecule has 0 saturated heterocycles. The molecule has 0 fully saturated rings. The van der Waals surface area contributed by atoms with Crippen molar-refractivity contribution in [3.05, 3.63) is 109 Å². The molecule has 0 atom stereocenters. The molecule has 2 N–H and O–H groups in total. The van der Waals surface area contributed by atoms with E-state index < -0.39 is 10.1 Å². The van der Waals surface area contributed by atoms with E-state index in [9.17, 15) is 8.42 Å². The summed E-state index contributed by atoms with van der Waals surface area (Å²) < 4.78 is 45.6. The first-order valence-corrected chi connectivity index (χ1v) is 13.9. The maximum absolute atomic E-state index is 11.2. The monoisotopic (exact) mass is 525 g/mol. The van der Waals surface area contributed by atoms with Gasteiger partial charge in [0, 0.05) is 12.5 Å². The first-order valence-electron chi connectivity index (χ1n) is 12.3. The number of hydrogen-bond donors (Lipinski definition) is 2. The molecule has 0 radical (unpaired) electrons. The minimum atomic E-state index is -4.04. The van der Waals surface area contributed by atoms with Crippen LogP contribution in [0.3, 0.4) is 0 Å². The Morgan fingerprint density at radius 3 is 2.29 bits per heavy atom. The van der Waals surface area contributed by atoms with Gasteiger partial charge in [-0.2, -0.15) is 13.0 Å².